The summed E-state index contributed by atoms with van der Waals surface area (Å²) in [7, 11) is 1.50. The Labute approximate surface area is 172 Å². The molecule has 2 rings (SSSR count). The van der Waals surface area contributed by atoms with E-state index in [9.17, 15) is 0 Å². The first-order valence-electron chi connectivity index (χ1n) is 10.6. The Bertz CT molecular complexity index is 462. The highest BCUT2D eigenvalue weighted by atomic mass is 14.4. The summed E-state index contributed by atoms with van der Waals surface area (Å²) in [5.41, 5.74) is 10.7. The van der Waals surface area contributed by atoms with Crippen molar-refractivity contribution >= 4 is 0 Å². The topological polar surface area (TPSA) is 26.0 Å². The molecule has 158 valence electrons. The lowest BCUT2D eigenvalue weighted by Gasteiger charge is -2.15. The third kappa shape index (κ3) is 16.3. The lowest BCUT2D eigenvalue weighted by atomic mass is 9.90. The van der Waals surface area contributed by atoms with Gasteiger partial charge >= 0.3 is 0 Å². The van der Waals surface area contributed by atoms with Crippen molar-refractivity contribution in [3.05, 3.63) is 71.4 Å². The Morgan fingerprint density at radius 3 is 1.37 bits per heavy atom. The summed E-state index contributed by atoms with van der Waals surface area (Å²) < 4.78 is 0. The standard InChI is InChI=1S/C12H18.C7H8.3C2H6.CH5N/c1-4-5-12-8-6-10(2)11(3)7-9-12;1-5-4-6(2)7(5)3;4*1-2/h6-9,12H,4-5H2,1-3H3;4H,1,3H2,2H3;3*1-2H3;2H2,1H3. The zero-order valence-electron chi connectivity index (χ0n) is 20.4. The van der Waals surface area contributed by atoms with Gasteiger partial charge in [0, 0.05) is 0 Å². The van der Waals surface area contributed by atoms with Gasteiger partial charge in [0.1, 0.15) is 0 Å². The normalized spacial score (nSPS) is 14.0. The summed E-state index contributed by atoms with van der Waals surface area (Å²) in [6, 6.07) is 0. The van der Waals surface area contributed by atoms with Crippen LogP contribution in [0.1, 0.15) is 82.1 Å². The first kappa shape index (κ1) is 33.0. The molecule has 2 aliphatic rings. The van der Waals surface area contributed by atoms with Crippen LogP contribution < -0.4 is 5.73 Å². The van der Waals surface area contributed by atoms with Crippen LogP contribution in [0.3, 0.4) is 0 Å². The van der Waals surface area contributed by atoms with E-state index in [1.807, 2.05) is 54.5 Å². The number of hydrogen-bond donors (Lipinski definition) is 1. The fraction of sp³-hybridized carbons (Fsp3) is 0.538. The van der Waals surface area contributed by atoms with Gasteiger partial charge in [-0.25, -0.2) is 0 Å². The fourth-order valence-electron chi connectivity index (χ4n) is 2.00. The van der Waals surface area contributed by atoms with Gasteiger partial charge in [-0.15, -0.1) is 0 Å². The van der Waals surface area contributed by atoms with Crippen LogP contribution in [0.15, 0.2) is 71.4 Å². The first-order chi connectivity index (χ1) is 13.0. The minimum atomic E-state index is 0.655. The molecule has 0 saturated carbocycles. The molecule has 0 aromatic heterocycles. The predicted octanol–water partition coefficient (Wildman–Crippen LogP) is 8.58. The SMILES string of the molecule is C=C1C=C(C)C1=C.CC.CC.CC.CCCC1C=CC(C)=C(C)C=C1.CN. The smallest absolute Gasteiger partial charge is 0.00472 e. The largest absolute Gasteiger partial charge is 0.333 e. The number of nitrogens with two attached hydrogens (primary N) is 1. The third-order valence-electron chi connectivity index (χ3n) is 3.69. The predicted molar refractivity (Wildman–Crippen MR) is 131 cm³/mol. The van der Waals surface area contributed by atoms with Crippen molar-refractivity contribution in [2.24, 2.45) is 11.7 Å². The Balaban J connectivity index is -0.000000151. The van der Waals surface area contributed by atoms with Gasteiger partial charge in [-0.1, -0.05) is 98.4 Å². The van der Waals surface area contributed by atoms with Crippen molar-refractivity contribution in [3.8, 4) is 0 Å². The molecule has 0 radical (unpaired) electrons. The molecule has 2 N–H and O–H groups in total. The zero-order chi connectivity index (χ0) is 22.4. The number of hydrogen-bond acceptors (Lipinski definition) is 1. The highest BCUT2D eigenvalue weighted by molar-refractivity contribution is 5.59. The average molecular weight is 376 g/mol. The van der Waals surface area contributed by atoms with E-state index in [-0.39, 0.29) is 0 Å². The van der Waals surface area contributed by atoms with Crippen molar-refractivity contribution < 1.29 is 0 Å². The Morgan fingerprint density at radius 2 is 1.19 bits per heavy atom. The first-order valence-corrected chi connectivity index (χ1v) is 10.6. The molecule has 0 aliphatic heterocycles. The summed E-state index contributed by atoms with van der Waals surface area (Å²) in [5.74, 6) is 0.655. The second kappa shape index (κ2) is 24.4. The molecule has 27 heavy (non-hydrogen) atoms. The van der Waals surface area contributed by atoms with Gasteiger partial charge in [0.15, 0.2) is 0 Å². The van der Waals surface area contributed by atoms with Crippen LogP contribution in [0.2, 0.25) is 0 Å². The second-order valence-corrected chi connectivity index (χ2v) is 5.37. The Kier molecular flexibility index (Phi) is 29.8. The quantitative estimate of drug-likeness (QED) is 0.513. The third-order valence-corrected chi connectivity index (χ3v) is 3.69. The van der Waals surface area contributed by atoms with E-state index in [1.165, 1.54) is 36.6 Å². The highest BCUT2D eigenvalue weighted by Gasteiger charge is 2.08. The monoisotopic (exact) mass is 375 g/mol. The van der Waals surface area contributed by atoms with Crippen molar-refractivity contribution in [1.29, 1.82) is 0 Å². The molecule has 0 fully saturated rings. The maximum Gasteiger partial charge on any atom is -0.00472 e. The maximum absolute atomic E-state index is 4.50. The van der Waals surface area contributed by atoms with E-state index < -0.39 is 0 Å². The van der Waals surface area contributed by atoms with Crippen molar-refractivity contribution in [2.45, 2.75) is 82.1 Å². The summed E-state index contributed by atoms with van der Waals surface area (Å²) in [5, 5.41) is 0. The number of rotatable bonds is 2. The molecule has 0 aromatic rings. The van der Waals surface area contributed by atoms with Crippen LogP contribution in [0, 0.1) is 5.92 Å². The van der Waals surface area contributed by atoms with E-state index in [4.69, 9.17) is 0 Å². The number of allylic oxidation sites excluding steroid dienone is 10. The van der Waals surface area contributed by atoms with Crippen molar-refractivity contribution in [1.82, 2.24) is 0 Å². The average Bonchev–Trinajstić information content (AvgIpc) is 2.90. The molecule has 0 atom stereocenters. The second-order valence-electron chi connectivity index (χ2n) is 5.37. The van der Waals surface area contributed by atoms with Crippen LogP contribution >= 0.6 is 0 Å². The van der Waals surface area contributed by atoms with E-state index in [1.54, 1.807) is 0 Å². The molecule has 0 saturated heterocycles. The summed E-state index contributed by atoms with van der Waals surface area (Å²) in [6.45, 7) is 28.1. The van der Waals surface area contributed by atoms with Crippen LogP contribution in [0.4, 0.5) is 0 Å². The molecule has 1 heteroatoms. The van der Waals surface area contributed by atoms with Crippen LogP contribution in [0.25, 0.3) is 0 Å². The molecule has 0 spiro atoms. The highest BCUT2D eigenvalue weighted by Crippen LogP contribution is 2.27. The minimum absolute atomic E-state index is 0.655. The fourth-order valence-corrected chi connectivity index (χ4v) is 2.00. The van der Waals surface area contributed by atoms with E-state index >= 15 is 0 Å². The van der Waals surface area contributed by atoms with Gasteiger partial charge in [0.25, 0.3) is 0 Å². The molecular weight excluding hydrogens is 326 g/mol. The van der Waals surface area contributed by atoms with Gasteiger partial charge in [0.2, 0.25) is 0 Å². The summed E-state index contributed by atoms with van der Waals surface area (Å²) >= 11 is 0. The van der Waals surface area contributed by atoms with Crippen molar-refractivity contribution in [2.75, 3.05) is 7.05 Å². The van der Waals surface area contributed by atoms with E-state index in [2.05, 4.69) is 64.0 Å². The molecule has 1 nitrogen and oxygen atoms in total. The van der Waals surface area contributed by atoms with Crippen LogP contribution in [-0.4, -0.2) is 7.05 Å². The van der Waals surface area contributed by atoms with E-state index in [0.29, 0.717) is 5.92 Å². The van der Waals surface area contributed by atoms with Gasteiger partial charge in [-0.2, -0.15) is 0 Å². The summed E-state index contributed by atoms with van der Waals surface area (Å²) in [4.78, 5) is 0. The van der Waals surface area contributed by atoms with Gasteiger partial charge < -0.3 is 5.73 Å². The molecule has 0 heterocycles. The summed E-state index contributed by atoms with van der Waals surface area (Å²) in [6.07, 6.45) is 13.7. The lowest BCUT2D eigenvalue weighted by Crippen LogP contribution is -1.96. The molecule has 0 amide bonds. The van der Waals surface area contributed by atoms with Crippen LogP contribution in [-0.2, 0) is 0 Å². The van der Waals surface area contributed by atoms with Crippen molar-refractivity contribution in [3.63, 3.8) is 0 Å². The molecule has 2 aliphatic carbocycles. The van der Waals surface area contributed by atoms with E-state index in [0.717, 1.165) is 11.1 Å². The minimum Gasteiger partial charge on any atom is -0.333 e. The van der Waals surface area contributed by atoms with Gasteiger partial charge in [0.05, 0.1) is 0 Å². The van der Waals surface area contributed by atoms with Gasteiger partial charge in [-0.3, -0.25) is 0 Å². The maximum atomic E-state index is 4.50. The Morgan fingerprint density at radius 1 is 0.815 bits per heavy atom. The van der Waals surface area contributed by atoms with Gasteiger partial charge in [-0.05, 0) is 68.0 Å². The Hall–Kier alpha value is -1.60. The van der Waals surface area contributed by atoms with Crippen LogP contribution in [0.5, 0.6) is 0 Å². The lowest BCUT2D eigenvalue weighted by molar-refractivity contribution is 0.691. The molecule has 0 bridgehead atoms. The molecule has 0 unspecified atom stereocenters. The zero-order valence-corrected chi connectivity index (χ0v) is 20.4. The molecular formula is C26H49N. The molecule has 0 aromatic carbocycles.